The minimum atomic E-state index is -3.81. The molecule has 1 unspecified atom stereocenters. The summed E-state index contributed by atoms with van der Waals surface area (Å²) in [4.78, 5) is 24.2. The summed E-state index contributed by atoms with van der Waals surface area (Å²) in [6.45, 7) is 1.55. The lowest BCUT2D eigenvalue weighted by atomic mass is 9.78. The molecule has 1 heterocycles. The van der Waals surface area contributed by atoms with Crippen molar-refractivity contribution in [3.8, 4) is 0 Å². The summed E-state index contributed by atoms with van der Waals surface area (Å²) in [5, 5.41) is 11.9. The summed E-state index contributed by atoms with van der Waals surface area (Å²) in [6.07, 6.45) is 0.254. The third-order valence-corrected chi connectivity index (χ3v) is 5.52. The van der Waals surface area contributed by atoms with Crippen molar-refractivity contribution in [3.05, 3.63) is 53.8 Å². The molecule has 0 aliphatic carbocycles. The van der Waals surface area contributed by atoms with Crippen LogP contribution >= 0.6 is 0 Å². The van der Waals surface area contributed by atoms with E-state index < -0.39 is 32.4 Å². The number of carboxylic acid groups (broad SMARTS) is 1. The van der Waals surface area contributed by atoms with Gasteiger partial charge in [0.1, 0.15) is 5.41 Å². The first kappa shape index (κ1) is 19.7. The predicted octanol–water partition coefficient (Wildman–Crippen LogP) is 1.35. The third-order valence-electron chi connectivity index (χ3n) is 4.23. The number of carbonyl (C=O) groups is 2. The maximum Gasteiger partial charge on any atom is 0.315 e. The van der Waals surface area contributed by atoms with Crippen molar-refractivity contribution in [2.75, 3.05) is 13.6 Å². The highest BCUT2D eigenvalue weighted by molar-refractivity contribution is 7.89. The Morgan fingerprint density at radius 1 is 1.15 bits per heavy atom. The highest BCUT2D eigenvalue weighted by atomic mass is 32.2. The first-order valence-corrected chi connectivity index (χ1v) is 9.35. The van der Waals surface area contributed by atoms with Gasteiger partial charge in [-0.3, -0.25) is 9.59 Å². The SMILES string of the molecule is CCC(CNC(=O)c1ccc(S(=O)(=O)NC)o1)(C(=O)O)c1ccccc1. The zero-order valence-electron chi connectivity index (χ0n) is 14.4. The van der Waals surface area contributed by atoms with E-state index >= 15 is 0 Å². The Kier molecular flexibility index (Phi) is 5.83. The van der Waals surface area contributed by atoms with Crippen LogP contribution in [-0.4, -0.2) is 39.0 Å². The third kappa shape index (κ3) is 3.78. The molecule has 0 saturated carbocycles. The topological polar surface area (TPSA) is 126 Å². The summed E-state index contributed by atoms with van der Waals surface area (Å²) in [7, 11) is -2.58. The number of rotatable bonds is 8. The number of aliphatic carboxylic acids is 1. The standard InChI is InChI=1S/C17H20N2O6S/c1-3-17(16(21)22,12-7-5-4-6-8-12)11-19-15(20)13-9-10-14(25-13)26(23,24)18-2/h4-10,18H,3,11H2,1-2H3,(H,19,20)(H,21,22). The maximum absolute atomic E-state index is 12.3. The molecule has 1 amide bonds. The van der Waals surface area contributed by atoms with Crippen molar-refractivity contribution in [2.45, 2.75) is 23.9 Å². The molecule has 1 aromatic carbocycles. The highest BCUT2D eigenvalue weighted by Crippen LogP contribution is 2.28. The minimum absolute atomic E-state index is 0.170. The largest absolute Gasteiger partial charge is 0.481 e. The monoisotopic (exact) mass is 380 g/mol. The normalized spacial score (nSPS) is 13.8. The van der Waals surface area contributed by atoms with Crippen molar-refractivity contribution in [3.63, 3.8) is 0 Å². The molecule has 9 heteroatoms. The van der Waals surface area contributed by atoms with Gasteiger partial charge in [-0.1, -0.05) is 37.3 Å². The summed E-state index contributed by atoms with van der Waals surface area (Å²) in [5.74, 6) is -1.98. The number of carbonyl (C=O) groups excluding carboxylic acids is 1. The maximum atomic E-state index is 12.3. The second kappa shape index (κ2) is 7.71. The van der Waals surface area contributed by atoms with E-state index in [2.05, 4.69) is 10.0 Å². The van der Waals surface area contributed by atoms with Crippen LogP contribution in [0.25, 0.3) is 0 Å². The Bertz CT molecular complexity index is 891. The van der Waals surface area contributed by atoms with Gasteiger partial charge in [0.2, 0.25) is 5.09 Å². The molecule has 0 aliphatic rings. The van der Waals surface area contributed by atoms with Crippen LogP contribution in [0.15, 0.2) is 52.0 Å². The van der Waals surface area contributed by atoms with Crippen LogP contribution in [0, 0.1) is 0 Å². The Balaban J connectivity index is 2.22. The summed E-state index contributed by atoms with van der Waals surface area (Å²) in [5.41, 5.74) is -0.739. The van der Waals surface area contributed by atoms with Crippen LogP contribution in [0.3, 0.4) is 0 Å². The van der Waals surface area contributed by atoms with Crippen molar-refractivity contribution in [2.24, 2.45) is 0 Å². The minimum Gasteiger partial charge on any atom is -0.481 e. The molecule has 0 radical (unpaired) electrons. The fourth-order valence-corrected chi connectivity index (χ4v) is 3.19. The van der Waals surface area contributed by atoms with Gasteiger partial charge in [-0.05, 0) is 31.2 Å². The second-order valence-electron chi connectivity index (χ2n) is 5.62. The van der Waals surface area contributed by atoms with Crippen LogP contribution in [-0.2, 0) is 20.2 Å². The van der Waals surface area contributed by atoms with Gasteiger partial charge >= 0.3 is 5.97 Å². The van der Waals surface area contributed by atoms with E-state index in [0.717, 1.165) is 6.07 Å². The highest BCUT2D eigenvalue weighted by Gasteiger charge is 2.39. The molecule has 1 aromatic heterocycles. The van der Waals surface area contributed by atoms with E-state index in [1.165, 1.54) is 13.1 Å². The smallest absolute Gasteiger partial charge is 0.315 e. The molecular weight excluding hydrogens is 360 g/mol. The number of amides is 1. The lowest BCUT2D eigenvalue weighted by Gasteiger charge is -2.28. The number of benzene rings is 1. The average molecular weight is 380 g/mol. The van der Waals surface area contributed by atoms with Crippen molar-refractivity contribution in [1.29, 1.82) is 0 Å². The summed E-state index contributed by atoms with van der Waals surface area (Å²) < 4.78 is 30.5. The molecule has 8 nitrogen and oxygen atoms in total. The molecular formula is C17H20N2O6S. The molecule has 2 aromatic rings. The van der Waals surface area contributed by atoms with Gasteiger partial charge in [-0.15, -0.1) is 0 Å². The summed E-state index contributed by atoms with van der Waals surface area (Å²) >= 11 is 0. The van der Waals surface area contributed by atoms with Crippen LogP contribution in [0.1, 0.15) is 29.5 Å². The van der Waals surface area contributed by atoms with Gasteiger partial charge in [-0.2, -0.15) is 0 Å². The molecule has 0 aliphatic heterocycles. The van der Waals surface area contributed by atoms with E-state index in [0.29, 0.717) is 5.56 Å². The van der Waals surface area contributed by atoms with Crippen LogP contribution < -0.4 is 10.0 Å². The molecule has 2 rings (SSSR count). The molecule has 0 bridgehead atoms. The van der Waals surface area contributed by atoms with Gasteiger partial charge < -0.3 is 14.8 Å². The van der Waals surface area contributed by atoms with E-state index in [1.54, 1.807) is 37.3 Å². The number of sulfonamides is 1. The number of carboxylic acids is 1. The Morgan fingerprint density at radius 3 is 2.35 bits per heavy atom. The molecule has 0 fully saturated rings. The number of hydrogen-bond donors (Lipinski definition) is 3. The van der Waals surface area contributed by atoms with Crippen molar-refractivity contribution >= 4 is 21.9 Å². The molecule has 3 N–H and O–H groups in total. The summed E-state index contributed by atoms with van der Waals surface area (Å²) in [6, 6.07) is 11.0. The number of hydrogen-bond acceptors (Lipinski definition) is 5. The molecule has 0 spiro atoms. The second-order valence-corrected chi connectivity index (χ2v) is 7.43. The van der Waals surface area contributed by atoms with Gasteiger partial charge in [0.15, 0.2) is 5.76 Å². The first-order valence-electron chi connectivity index (χ1n) is 7.87. The van der Waals surface area contributed by atoms with Crippen LogP contribution in [0.5, 0.6) is 0 Å². The average Bonchev–Trinajstić information content (AvgIpc) is 3.14. The zero-order valence-corrected chi connectivity index (χ0v) is 15.2. The van der Waals surface area contributed by atoms with E-state index in [4.69, 9.17) is 4.42 Å². The number of nitrogens with one attached hydrogen (secondary N) is 2. The lowest BCUT2D eigenvalue weighted by molar-refractivity contribution is -0.143. The van der Waals surface area contributed by atoms with Crippen LogP contribution in [0.4, 0.5) is 0 Å². The van der Waals surface area contributed by atoms with Gasteiger partial charge in [0.05, 0.1) is 0 Å². The molecule has 26 heavy (non-hydrogen) atoms. The van der Waals surface area contributed by atoms with Crippen LogP contribution in [0.2, 0.25) is 0 Å². The lowest BCUT2D eigenvalue weighted by Crippen LogP contribution is -2.46. The van der Waals surface area contributed by atoms with E-state index in [1.807, 2.05) is 0 Å². The van der Waals surface area contributed by atoms with Gasteiger partial charge in [0.25, 0.3) is 15.9 Å². The Labute approximate surface area is 151 Å². The quantitative estimate of drug-likeness (QED) is 0.635. The Hall–Kier alpha value is -2.65. The molecule has 1 atom stereocenters. The van der Waals surface area contributed by atoms with E-state index in [-0.39, 0.29) is 18.7 Å². The van der Waals surface area contributed by atoms with Gasteiger partial charge in [0, 0.05) is 6.54 Å². The van der Waals surface area contributed by atoms with Crippen molar-refractivity contribution in [1.82, 2.24) is 10.0 Å². The van der Waals surface area contributed by atoms with Gasteiger partial charge in [-0.25, -0.2) is 13.1 Å². The predicted molar refractivity (Wildman–Crippen MR) is 93.3 cm³/mol. The zero-order chi connectivity index (χ0) is 19.4. The number of furan rings is 1. The molecule has 140 valence electrons. The van der Waals surface area contributed by atoms with Crippen molar-refractivity contribution < 1.29 is 27.5 Å². The fourth-order valence-electron chi connectivity index (χ4n) is 2.54. The van der Waals surface area contributed by atoms with E-state index in [9.17, 15) is 23.1 Å². The first-order chi connectivity index (χ1) is 12.3. The Morgan fingerprint density at radius 2 is 1.81 bits per heavy atom. The molecule has 0 saturated heterocycles. The fraction of sp³-hybridized carbons (Fsp3) is 0.294.